The smallest absolute Gasteiger partial charge is 0.119 e. The molecule has 1 heterocycles. The molecule has 148 valence electrons. The van der Waals surface area contributed by atoms with Crippen LogP contribution < -0.4 is 9.47 Å². The second-order valence-corrected chi connectivity index (χ2v) is 7.71. The van der Waals surface area contributed by atoms with E-state index in [4.69, 9.17) is 9.47 Å². The molecule has 0 aliphatic heterocycles. The first-order valence-electron chi connectivity index (χ1n) is 10.0. The lowest BCUT2D eigenvalue weighted by molar-refractivity contribution is 0.242. The molecule has 0 saturated heterocycles. The predicted octanol–water partition coefficient (Wildman–Crippen LogP) is 6.47. The molecule has 4 rings (SSSR count). The molecule has 0 aliphatic rings. The fourth-order valence-corrected chi connectivity index (χ4v) is 3.38. The lowest BCUT2D eigenvalue weighted by atomic mass is 10.0. The molecule has 0 saturated carbocycles. The van der Waals surface area contributed by atoms with Gasteiger partial charge in [0.2, 0.25) is 0 Å². The molecule has 4 aromatic rings. The maximum atomic E-state index is 5.75. The van der Waals surface area contributed by atoms with E-state index >= 15 is 0 Å². The number of rotatable bonds is 6. The molecular weight excluding hydrogens is 360 g/mol. The summed E-state index contributed by atoms with van der Waals surface area (Å²) in [6, 6.07) is 22.7. The van der Waals surface area contributed by atoms with E-state index in [0.717, 1.165) is 44.8 Å². The lowest BCUT2D eigenvalue weighted by Crippen LogP contribution is -2.05. The zero-order chi connectivity index (χ0) is 20.4. The SMILES string of the molecule is CC(C)Oc1ccc(-c2ccc3[nH]nc(-c4ccc(OC(C)C)cc4)c3c2)cc1. The molecule has 0 aliphatic carbocycles. The van der Waals surface area contributed by atoms with Crippen molar-refractivity contribution in [2.75, 3.05) is 0 Å². The zero-order valence-electron chi connectivity index (χ0n) is 17.3. The monoisotopic (exact) mass is 386 g/mol. The van der Waals surface area contributed by atoms with Crippen LogP contribution in [0.5, 0.6) is 11.5 Å². The molecule has 4 nitrogen and oxygen atoms in total. The van der Waals surface area contributed by atoms with Crippen molar-refractivity contribution in [3.8, 4) is 33.9 Å². The Labute approximate surface area is 171 Å². The molecule has 1 N–H and O–H groups in total. The number of hydrogen-bond donors (Lipinski definition) is 1. The van der Waals surface area contributed by atoms with E-state index in [2.05, 4.69) is 52.7 Å². The number of H-pyrrole nitrogens is 1. The summed E-state index contributed by atoms with van der Waals surface area (Å²) in [5.74, 6) is 1.76. The molecule has 29 heavy (non-hydrogen) atoms. The Morgan fingerprint density at radius 2 is 1.17 bits per heavy atom. The first kappa shape index (κ1) is 19.1. The van der Waals surface area contributed by atoms with Gasteiger partial charge in [0.15, 0.2) is 0 Å². The van der Waals surface area contributed by atoms with Crippen molar-refractivity contribution in [1.29, 1.82) is 0 Å². The Kier molecular flexibility index (Phi) is 5.26. The van der Waals surface area contributed by atoms with Crippen LogP contribution in [-0.2, 0) is 0 Å². The highest BCUT2D eigenvalue weighted by Gasteiger charge is 2.10. The molecule has 1 aromatic heterocycles. The van der Waals surface area contributed by atoms with E-state index in [0.29, 0.717) is 0 Å². The van der Waals surface area contributed by atoms with Crippen molar-refractivity contribution in [2.45, 2.75) is 39.9 Å². The van der Waals surface area contributed by atoms with Gasteiger partial charge in [-0.15, -0.1) is 0 Å². The van der Waals surface area contributed by atoms with E-state index < -0.39 is 0 Å². The summed E-state index contributed by atoms with van der Waals surface area (Å²) >= 11 is 0. The third kappa shape index (κ3) is 4.27. The standard InChI is InChI=1S/C25H26N2O2/c1-16(2)28-21-10-5-18(6-11-21)20-9-14-24-23(15-20)25(27-26-24)19-7-12-22(13-8-19)29-17(3)4/h5-17H,1-4H3,(H,26,27). The van der Waals surface area contributed by atoms with E-state index in [1.807, 2.05) is 52.0 Å². The highest BCUT2D eigenvalue weighted by Crippen LogP contribution is 2.32. The molecule has 0 fully saturated rings. The van der Waals surface area contributed by atoms with Crippen molar-refractivity contribution in [3.63, 3.8) is 0 Å². The molecule has 0 radical (unpaired) electrons. The van der Waals surface area contributed by atoms with E-state index in [-0.39, 0.29) is 12.2 Å². The van der Waals surface area contributed by atoms with Crippen LogP contribution in [0.1, 0.15) is 27.7 Å². The average Bonchev–Trinajstić information content (AvgIpc) is 3.11. The molecule has 0 spiro atoms. The number of benzene rings is 3. The number of aromatic nitrogens is 2. The van der Waals surface area contributed by atoms with Crippen molar-refractivity contribution < 1.29 is 9.47 Å². The quantitative estimate of drug-likeness (QED) is 0.413. The first-order chi connectivity index (χ1) is 14.0. The molecule has 0 atom stereocenters. The largest absolute Gasteiger partial charge is 0.491 e. The van der Waals surface area contributed by atoms with Gasteiger partial charge < -0.3 is 9.47 Å². The highest BCUT2D eigenvalue weighted by molar-refractivity contribution is 5.95. The Morgan fingerprint density at radius 3 is 1.72 bits per heavy atom. The van der Waals surface area contributed by atoms with Gasteiger partial charge in [0, 0.05) is 10.9 Å². The predicted molar refractivity (Wildman–Crippen MR) is 118 cm³/mol. The topological polar surface area (TPSA) is 47.1 Å². The van der Waals surface area contributed by atoms with Crippen LogP contribution in [0.25, 0.3) is 33.3 Å². The summed E-state index contributed by atoms with van der Waals surface area (Å²) in [7, 11) is 0. The number of hydrogen-bond acceptors (Lipinski definition) is 3. The van der Waals surface area contributed by atoms with E-state index in [1.165, 1.54) is 0 Å². The van der Waals surface area contributed by atoms with Crippen LogP contribution in [0, 0.1) is 0 Å². The van der Waals surface area contributed by atoms with Gasteiger partial charge in [0.25, 0.3) is 0 Å². The van der Waals surface area contributed by atoms with Crippen LogP contribution in [0.2, 0.25) is 0 Å². The van der Waals surface area contributed by atoms with Gasteiger partial charge in [-0.25, -0.2) is 0 Å². The third-order valence-corrected chi connectivity index (χ3v) is 4.62. The second kappa shape index (κ2) is 8.00. The first-order valence-corrected chi connectivity index (χ1v) is 10.0. The van der Waals surface area contributed by atoms with Gasteiger partial charge in [0.1, 0.15) is 11.5 Å². The summed E-state index contributed by atoms with van der Waals surface area (Å²) in [5.41, 5.74) is 5.32. The maximum Gasteiger partial charge on any atom is 0.119 e. The number of ether oxygens (including phenoxy) is 2. The van der Waals surface area contributed by atoms with Crippen molar-refractivity contribution >= 4 is 10.9 Å². The summed E-state index contributed by atoms with van der Waals surface area (Å²) < 4.78 is 11.5. The van der Waals surface area contributed by atoms with Crippen LogP contribution in [0.3, 0.4) is 0 Å². The van der Waals surface area contributed by atoms with Gasteiger partial charge in [-0.3, -0.25) is 5.10 Å². The fourth-order valence-electron chi connectivity index (χ4n) is 3.38. The van der Waals surface area contributed by atoms with Crippen LogP contribution in [0.15, 0.2) is 66.7 Å². The Hall–Kier alpha value is -3.27. The van der Waals surface area contributed by atoms with Gasteiger partial charge in [0.05, 0.1) is 23.4 Å². The van der Waals surface area contributed by atoms with Gasteiger partial charge >= 0.3 is 0 Å². The number of fused-ring (bicyclic) bond motifs is 1. The molecular formula is C25H26N2O2. The van der Waals surface area contributed by atoms with Crippen molar-refractivity contribution in [1.82, 2.24) is 10.2 Å². The molecule has 0 bridgehead atoms. The highest BCUT2D eigenvalue weighted by atomic mass is 16.5. The zero-order valence-corrected chi connectivity index (χ0v) is 17.3. The lowest BCUT2D eigenvalue weighted by Gasteiger charge is -2.10. The van der Waals surface area contributed by atoms with E-state index in [1.54, 1.807) is 0 Å². The van der Waals surface area contributed by atoms with Gasteiger partial charge in [-0.05, 0) is 87.4 Å². The minimum atomic E-state index is 0.159. The summed E-state index contributed by atoms with van der Waals surface area (Å²) in [4.78, 5) is 0. The second-order valence-electron chi connectivity index (χ2n) is 7.71. The number of nitrogens with zero attached hydrogens (tertiary/aromatic N) is 1. The average molecular weight is 386 g/mol. The Morgan fingerprint density at radius 1 is 0.655 bits per heavy atom. The third-order valence-electron chi connectivity index (χ3n) is 4.62. The van der Waals surface area contributed by atoms with Crippen molar-refractivity contribution in [2.24, 2.45) is 0 Å². The molecule has 4 heteroatoms. The summed E-state index contributed by atoms with van der Waals surface area (Å²) in [6.45, 7) is 8.11. The summed E-state index contributed by atoms with van der Waals surface area (Å²) in [5, 5.41) is 8.79. The number of nitrogens with one attached hydrogen (secondary N) is 1. The fraction of sp³-hybridized carbons (Fsp3) is 0.240. The minimum Gasteiger partial charge on any atom is -0.491 e. The Balaban J connectivity index is 1.66. The normalized spacial score (nSPS) is 11.4. The van der Waals surface area contributed by atoms with Crippen molar-refractivity contribution in [3.05, 3.63) is 66.7 Å². The molecule has 0 amide bonds. The van der Waals surface area contributed by atoms with Gasteiger partial charge in [-0.1, -0.05) is 18.2 Å². The van der Waals surface area contributed by atoms with Crippen LogP contribution >= 0.6 is 0 Å². The maximum absolute atomic E-state index is 5.75. The van der Waals surface area contributed by atoms with Gasteiger partial charge in [-0.2, -0.15) is 5.10 Å². The Bertz CT molecular complexity index is 1090. The minimum absolute atomic E-state index is 0.159. The molecule has 0 unspecified atom stereocenters. The van der Waals surface area contributed by atoms with Crippen LogP contribution in [0.4, 0.5) is 0 Å². The van der Waals surface area contributed by atoms with E-state index in [9.17, 15) is 0 Å². The van der Waals surface area contributed by atoms with Crippen LogP contribution in [-0.4, -0.2) is 22.4 Å². The number of aromatic amines is 1. The summed E-state index contributed by atoms with van der Waals surface area (Å²) in [6.07, 6.45) is 0.329. The molecule has 3 aromatic carbocycles.